The first-order chi connectivity index (χ1) is 12.7. The number of imidazole rings is 1. The van der Waals surface area contributed by atoms with E-state index >= 15 is 0 Å². The molecule has 5 heteroatoms. The van der Waals surface area contributed by atoms with Gasteiger partial charge < -0.3 is 10.7 Å². The van der Waals surface area contributed by atoms with E-state index in [9.17, 15) is 0 Å². The number of nitrogens with one attached hydrogen (secondary N) is 1. The molecule has 0 saturated heterocycles. The summed E-state index contributed by atoms with van der Waals surface area (Å²) in [6.07, 6.45) is 4.22. The van der Waals surface area contributed by atoms with Gasteiger partial charge in [0, 0.05) is 12.4 Å². The minimum absolute atomic E-state index is 0.236. The summed E-state index contributed by atoms with van der Waals surface area (Å²) in [6, 6.07) is 19.5. The van der Waals surface area contributed by atoms with Gasteiger partial charge in [0.1, 0.15) is 5.82 Å². The monoisotopic (exact) mass is 339 g/mol. The van der Waals surface area contributed by atoms with Crippen LogP contribution >= 0.6 is 0 Å². The smallest absolute Gasteiger partial charge is 0.124 e. The van der Waals surface area contributed by atoms with Gasteiger partial charge in [0.2, 0.25) is 0 Å². The molecule has 0 bridgehead atoms. The van der Waals surface area contributed by atoms with Crippen LogP contribution in [0.3, 0.4) is 0 Å². The number of pyridine rings is 1. The van der Waals surface area contributed by atoms with Crippen LogP contribution in [0.4, 0.5) is 0 Å². The normalized spacial score (nSPS) is 12.0. The quantitative estimate of drug-likeness (QED) is 0.592. The molecule has 2 aromatic carbocycles. The zero-order valence-electron chi connectivity index (χ0n) is 14.1. The molecule has 0 aliphatic rings. The van der Waals surface area contributed by atoms with Crippen LogP contribution in [0.15, 0.2) is 67.0 Å². The highest BCUT2D eigenvalue weighted by atomic mass is 15.0. The van der Waals surface area contributed by atoms with E-state index in [-0.39, 0.29) is 6.04 Å². The first-order valence-electron chi connectivity index (χ1n) is 8.37. The number of hydrogen-bond donors (Lipinski definition) is 2. The third-order valence-corrected chi connectivity index (χ3v) is 4.40. The van der Waals surface area contributed by atoms with E-state index in [0.29, 0.717) is 12.0 Å². The lowest BCUT2D eigenvalue weighted by Crippen LogP contribution is -2.14. The van der Waals surface area contributed by atoms with Crippen LogP contribution in [0.2, 0.25) is 0 Å². The highest BCUT2D eigenvalue weighted by molar-refractivity contribution is 5.82. The molecule has 0 aliphatic carbocycles. The number of nitriles is 1. The Morgan fingerprint density at radius 2 is 1.77 bits per heavy atom. The number of aromatic amines is 1. The molecule has 0 fully saturated rings. The molecule has 1 unspecified atom stereocenters. The Bertz CT molecular complexity index is 1080. The summed E-state index contributed by atoms with van der Waals surface area (Å²) in [6.45, 7) is 0. The largest absolute Gasteiger partial charge is 0.341 e. The van der Waals surface area contributed by atoms with Crippen molar-refractivity contribution in [2.24, 2.45) is 5.73 Å². The summed E-state index contributed by atoms with van der Waals surface area (Å²) in [5.74, 6) is 0.760. The standard InChI is InChI=1S/C21H17N5/c22-13-15-3-1-14(2-4-15)11-18(23)21-25-19-6-5-17(12-20(19)26-21)16-7-9-24-10-8-16/h1-10,12,18H,11,23H2,(H,25,26). The molecule has 0 aliphatic heterocycles. The van der Waals surface area contributed by atoms with Crippen molar-refractivity contribution in [1.29, 1.82) is 5.26 Å². The lowest BCUT2D eigenvalue weighted by Gasteiger charge is -2.08. The van der Waals surface area contributed by atoms with Crippen molar-refractivity contribution in [2.75, 3.05) is 0 Å². The van der Waals surface area contributed by atoms with E-state index in [1.165, 1.54) is 0 Å². The topological polar surface area (TPSA) is 91.4 Å². The van der Waals surface area contributed by atoms with E-state index < -0.39 is 0 Å². The van der Waals surface area contributed by atoms with E-state index in [1.807, 2.05) is 42.5 Å². The van der Waals surface area contributed by atoms with Crippen LogP contribution in [0.5, 0.6) is 0 Å². The van der Waals surface area contributed by atoms with Crippen molar-refractivity contribution in [3.63, 3.8) is 0 Å². The van der Waals surface area contributed by atoms with Crippen LogP contribution in [-0.4, -0.2) is 15.0 Å². The highest BCUT2D eigenvalue weighted by Gasteiger charge is 2.13. The minimum atomic E-state index is -0.236. The molecule has 0 amide bonds. The number of H-pyrrole nitrogens is 1. The summed E-state index contributed by atoms with van der Waals surface area (Å²) in [5, 5.41) is 8.88. The molecule has 3 N–H and O–H groups in total. The molecule has 5 nitrogen and oxygen atoms in total. The average Bonchev–Trinajstić information content (AvgIpc) is 3.13. The fourth-order valence-corrected chi connectivity index (χ4v) is 2.99. The molecule has 0 spiro atoms. The second kappa shape index (κ2) is 6.79. The van der Waals surface area contributed by atoms with Crippen LogP contribution in [0, 0.1) is 11.3 Å². The van der Waals surface area contributed by atoms with Crippen LogP contribution < -0.4 is 5.73 Å². The first kappa shape index (κ1) is 16.0. The number of nitrogens with zero attached hydrogens (tertiary/aromatic N) is 3. The van der Waals surface area contributed by atoms with Crippen molar-refractivity contribution in [1.82, 2.24) is 15.0 Å². The molecule has 0 radical (unpaired) electrons. The molecule has 4 rings (SSSR count). The third-order valence-electron chi connectivity index (χ3n) is 4.40. The van der Waals surface area contributed by atoms with Crippen LogP contribution in [0.25, 0.3) is 22.2 Å². The van der Waals surface area contributed by atoms with E-state index in [1.54, 1.807) is 12.4 Å². The third kappa shape index (κ3) is 3.18. The van der Waals surface area contributed by atoms with Gasteiger partial charge in [-0.05, 0) is 59.5 Å². The van der Waals surface area contributed by atoms with Gasteiger partial charge in [-0.3, -0.25) is 4.98 Å². The van der Waals surface area contributed by atoms with Gasteiger partial charge in [0.15, 0.2) is 0 Å². The maximum atomic E-state index is 8.88. The fourth-order valence-electron chi connectivity index (χ4n) is 2.99. The van der Waals surface area contributed by atoms with Gasteiger partial charge in [0.25, 0.3) is 0 Å². The Labute approximate surface area is 151 Å². The predicted molar refractivity (Wildman–Crippen MR) is 101 cm³/mol. The summed E-state index contributed by atoms with van der Waals surface area (Å²) >= 11 is 0. The molecule has 4 aromatic rings. The zero-order valence-corrected chi connectivity index (χ0v) is 14.1. The molecule has 0 saturated carbocycles. The Kier molecular flexibility index (Phi) is 4.18. The molecule has 26 heavy (non-hydrogen) atoms. The summed E-state index contributed by atoms with van der Waals surface area (Å²) < 4.78 is 0. The Morgan fingerprint density at radius 1 is 1.00 bits per heavy atom. The van der Waals surface area contributed by atoms with Gasteiger partial charge >= 0.3 is 0 Å². The number of fused-ring (bicyclic) bond motifs is 1. The molecule has 1 atom stereocenters. The molecule has 2 aromatic heterocycles. The minimum Gasteiger partial charge on any atom is -0.341 e. The zero-order chi connectivity index (χ0) is 17.9. The van der Waals surface area contributed by atoms with E-state index in [0.717, 1.165) is 33.5 Å². The Morgan fingerprint density at radius 3 is 2.50 bits per heavy atom. The number of rotatable bonds is 4. The lowest BCUT2D eigenvalue weighted by molar-refractivity contribution is 0.680. The summed E-state index contributed by atoms with van der Waals surface area (Å²) in [4.78, 5) is 12.1. The summed E-state index contributed by atoms with van der Waals surface area (Å²) in [7, 11) is 0. The molecule has 2 heterocycles. The maximum Gasteiger partial charge on any atom is 0.124 e. The van der Waals surface area contributed by atoms with Crippen molar-refractivity contribution in [2.45, 2.75) is 12.5 Å². The van der Waals surface area contributed by atoms with Crippen LogP contribution in [-0.2, 0) is 6.42 Å². The molecular formula is C21H17N5. The van der Waals surface area contributed by atoms with Gasteiger partial charge in [0.05, 0.1) is 28.7 Å². The van der Waals surface area contributed by atoms with E-state index in [4.69, 9.17) is 11.0 Å². The predicted octanol–water partition coefficient (Wildman–Crippen LogP) is 3.74. The van der Waals surface area contributed by atoms with Gasteiger partial charge in [-0.2, -0.15) is 5.26 Å². The van der Waals surface area contributed by atoms with Crippen molar-refractivity contribution in [3.8, 4) is 17.2 Å². The Balaban J connectivity index is 1.59. The second-order valence-electron chi connectivity index (χ2n) is 6.21. The fraction of sp³-hybridized carbons (Fsp3) is 0.0952. The van der Waals surface area contributed by atoms with E-state index in [2.05, 4.69) is 33.2 Å². The van der Waals surface area contributed by atoms with Gasteiger partial charge in [-0.1, -0.05) is 18.2 Å². The first-order valence-corrected chi connectivity index (χ1v) is 8.37. The Hall–Kier alpha value is -3.49. The molecular weight excluding hydrogens is 322 g/mol. The number of nitrogens with two attached hydrogens (primary N) is 1. The average molecular weight is 339 g/mol. The molecule has 126 valence electrons. The van der Waals surface area contributed by atoms with Crippen LogP contribution in [0.1, 0.15) is 23.0 Å². The van der Waals surface area contributed by atoms with Crippen molar-refractivity contribution in [3.05, 3.63) is 83.9 Å². The van der Waals surface area contributed by atoms with Crippen molar-refractivity contribution < 1.29 is 0 Å². The number of hydrogen-bond acceptors (Lipinski definition) is 4. The highest BCUT2D eigenvalue weighted by Crippen LogP contribution is 2.24. The SMILES string of the molecule is N#Cc1ccc(CC(N)c2nc3cc(-c4ccncc4)ccc3[nH]2)cc1. The lowest BCUT2D eigenvalue weighted by atomic mass is 10.0. The number of benzene rings is 2. The van der Waals surface area contributed by atoms with Gasteiger partial charge in [-0.15, -0.1) is 0 Å². The maximum absolute atomic E-state index is 8.88. The second-order valence-corrected chi connectivity index (χ2v) is 6.21. The summed E-state index contributed by atoms with van der Waals surface area (Å²) in [5.41, 5.74) is 12.1. The van der Waals surface area contributed by atoms with Gasteiger partial charge in [-0.25, -0.2) is 4.98 Å². The number of aromatic nitrogens is 3. The van der Waals surface area contributed by atoms with Crippen molar-refractivity contribution >= 4 is 11.0 Å².